The molecule has 1 aromatic carbocycles. The Morgan fingerprint density at radius 3 is 2.32 bits per heavy atom. The van der Waals surface area contributed by atoms with Crippen molar-refractivity contribution in [3.05, 3.63) is 23.8 Å². The van der Waals surface area contributed by atoms with Crippen LogP contribution in [-0.4, -0.2) is 56.8 Å². The SMILES string of the molecule is COc1ccc(C(C)C)cc1S(=O)(=O)N1CCN(C(=O)C2CC2)CC1. The summed E-state index contributed by atoms with van der Waals surface area (Å²) in [4.78, 5) is 14.2. The predicted octanol–water partition coefficient (Wildman–Crippen LogP) is 2.06. The van der Waals surface area contributed by atoms with E-state index in [4.69, 9.17) is 4.74 Å². The number of benzene rings is 1. The molecule has 2 fully saturated rings. The van der Waals surface area contributed by atoms with Gasteiger partial charge in [0, 0.05) is 32.1 Å². The van der Waals surface area contributed by atoms with E-state index >= 15 is 0 Å². The second-order valence-electron chi connectivity index (χ2n) is 7.07. The molecule has 1 saturated carbocycles. The lowest BCUT2D eigenvalue weighted by molar-refractivity contribution is -0.133. The number of nitrogens with zero attached hydrogens (tertiary/aromatic N) is 2. The molecule has 3 rings (SSSR count). The molecular formula is C18H26N2O4S. The minimum Gasteiger partial charge on any atom is -0.495 e. The van der Waals surface area contributed by atoms with Gasteiger partial charge in [-0.25, -0.2) is 8.42 Å². The Morgan fingerprint density at radius 2 is 1.80 bits per heavy atom. The molecule has 138 valence electrons. The summed E-state index contributed by atoms with van der Waals surface area (Å²) in [6, 6.07) is 5.32. The Morgan fingerprint density at radius 1 is 1.16 bits per heavy atom. The van der Waals surface area contributed by atoms with Crippen LogP contribution in [0.4, 0.5) is 0 Å². The zero-order valence-corrected chi connectivity index (χ0v) is 15.9. The van der Waals surface area contributed by atoms with Crippen molar-refractivity contribution in [2.45, 2.75) is 37.5 Å². The molecule has 25 heavy (non-hydrogen) atoms. The lowest BCUT2D eigenvalue weighted by Gasteiger charge is -2.34. The number of carbonyl (C=O) groups is 1. The van der Waals surface area contributed by atoms with Gasteiger partial charge in [-0.15, -0.1) is 0 Å². The highest BCUT2D eigenvalue weighted by molar-refractivity contribution is 7.89. The van der Waals surface area contributed by atoms with Crippen molar-refractivity contribution in [1.29, 1.82) is 0 Å². The molecule has 1 saturated heterocycles. The monoisotopic (exact) mass is 366 g/mol. The van der Waals surface area contributed by atoms with Crippen molar-refractivity contribution in [3.63, 3.8) is 0 Å². The molecular weight excluding hydrogens is 340 g/mol. The second kappa shape index (κ2) is 6.96. The van der Waals surface area contributed by atoms with Crippen molar-refractivity contribution in [1.82, 2.24) is 9.21 Å². The Hall–Kier alpha value is -1.60. The summed E-state index contributed by atoms with van der Waals surface area (Å²) in [5.41, 5.74) is 0.960. The van der Waals surface area contributed by atoms with Crippen LogP contribution in [0, 0.1) is 5.92 Å². The molecule has 1 aromatic rings. The third-order valence-electron chi connectivity index (χ3n) is 4.95. The van der Waals surface area contributed by atoms with E-state index in [-0.39, 0.29) is 22.6 Å². The molecule has 0 aromatic heterocycles. The summed E-state index contributed by atoms with van der Waals surface area (Å²) < 4.78 is 33.0. The van der Waals surface area contributed by atoms with Gasteiger partial charge in [-0.2, -0.15) is 4.31 Å². The summed E-state index contributed by atoms with van der Waals surface area (Å²) in [5.74, 6) is 0.941. The van der Waals surface area contributed by atoms with Crippen LogP contribution in [0.5, 0.6) is 5.75 Å². The first-order valence-corrected chi connectivity index (χ1v) is 10.3. The second-order valence-corrected chi connectivity index (χ2v) is 8.97. The van der Waals surface area contributed by atoms with Crippen LogP contribution in [0.3, 0.4) is 0 Å². The van der Waals surface area contributed by atoms with Gasteiger partial charge in [-0.3, -0.25) is 4.79 Å². The standard InChI is InChI=1S/C18H26N2O4S/c1-13(2)15-6-7-16(24-3)17(12-15)25(22,23)20-10-8-19(9-11-20)18(21)14-4-5-14/h6-7,12-14H,4-5,8-11H2,1-3H3. The van der Waals surface area contributed by atoms with E-state index in [0.717, 1.165) is 18.4 Å². The summed E-state index contributed by atoms with van der Waals surface area (Å²) in [5, 5.41) is 0. The average Bonchev–Trinajstić information content (AvgIpc) is 3.45. The van der Waals surface area contributed by atoms with Gasteiger partial charge in [-0.05, 0) is 36.5 Å². The van der Waals surface area contributed by atoms with E-state index < -0.39 is 10.0 Å². The Kier molecular flexibility index (Phi) is 5.06. The summed E-state index contributed by atoms with van der Waals surface area (Å²) in [6.07, 6.45) is 1.94. The molecule has 0 unspecified atom stereocenters. The number of ether oxygens (including phenoxy) is 1. The number of hydrogen-bond acceptors (Lipinski definition) is 4. The number of amides is 1. The van der Waals surface area contributed by atoms with Gasteiger partial charge in [0.25, 0.3) is 0 Å². The Labute approximate surface area is 149 Å². The van der Waals surface area contributed by atoms with Crippen LogP contribution in [0.2, 0.25) is 0 Å². The maximum atomic E-state index is 13.1. The smallest absolute Gasteiger partial charge is 0.246 e. The fourth-order valence-corrected chi connectivity index (χ4v) is 4.74. The number of hydrogen-bond donors (Lipinski definition) is 0. The normalized spacial score (nSPS) is 19.3. The summed E-state index contributed by atoms with van der Waals surface area (Å²) >= 11 is 0. The highest BCUT2D eigenvalue weighted by Gasteiger charge is 2.37. The molecule has 6 nitrogen and oxygen atoms in total. The Bertz CT molecular complexity index is 748. The van der Waals surface area contributed by atoms with Gasteiger partial charge in [0.2, 0.25) is 15.9 Å². The molecule has 7 heteroatoms. The van der Waals surface area contributed by atoms with Crippen LogP contribution in [0.1, 0.15) is 38.2 Å². The van der Waals surface area contributed by atoms with Crippen molar-refractivity contribution < 1.29 is 17.9 Å². The molecule has 0 N–H and O–H groups in total. The highest BCUT2D eigenvalue weighted by atomic mass is 32.2. The number of carbonyl (C=O) groups excluding carboxylic acids is 1. The number of piperazine rings is 1. The zero-order chi connectivity index (χ0) is 18.2. The number of methoxy groups -OCH3 is 1. The number of rotatable bonds is 5. The van der Waals surface area contributed by atoms with E-state index in [9.17, 15) is 13.2 Å². The van der Waals surface area contributed by atoms with Gasteiger partial charge in [0.15, 0.2) is 0 Å². The maximum Gasteiger partial charge on any atom is 0.246 e. The zero-order valence-electron chi connectivity index (χ0n) is 15.1. The van der Waals surface area contributed by atoms with Crippen LogP contribution in [-0.2, 0) is 14.8 Å². The van der Waals surface area contributed by atoms with Crippen LogP contribution < -0.4 is 4.74 Å². The quantitative estimate of drug-likeness (QED) is 0.800. The van der Waals surface area contributed by atoms with E-state index in [1.165, 1.54) is 11.4 Å². The topological polar surface area (TPSA) is 66.9 Å². The highest BCUT2D eigenvalue weighted by Crippen LogP contribution is 2.33. The third kappa shape index (κ3) is 3.67. The van der Waals surface area contributed by atoms with Gasteiger partial charge in [-0.1, -0.05) is 19.9 Å². The molecule has 1 aliphatic carbocycles. The predicted molar refractivity (Wildman–Crippen MR) is 95.1 cm³/mol. The summed E-state index contributed by atoms with van der Waals surface area (Å²) in [7, 11) is -2.16. The lowest BCUT2D eigenvalue weighted by Crippen LogP contribution is -2.50. The first-order chi connectivity index (χ1) is 11.8. The van der Waals surface area contributed by atoms with Crippen molar-refractivity contribution >= 4 is 15.9 Å². The number of sulfonamides is 1. The first kappa shape index (κ1) is 18.2. The fourth-order valence-electron chi connectivity index (χ4n) is 3.13. The molecule has 1 heterocycles. The molecule has 0 radical (unpaired) electrons. The Balaban J connectivity index is 1.80. The van der Waals surface area contributed by atoms with Crippen LogP contribution in [0.15, 0.2) is 23.1 Å². The molecule has 2 aliphatic rings. The van der Waals surface area contributed by atoms with Crippen molar-refractivity contribution in [2.75, 3.05) is 33.3 Å². The van der Waals surface area contributed by atoms with Crippen LogP contribution in [0.25, 0.3) is 0 Å². The van der Waals surface area contributed by atoms with Gasteiger partial charge >= 0.3 is 0 Å². The fraction of sp³-hybridized carbons (Fsp3) is 0.611. The largest absolute Gasteiger partial charge is 0.495 e. The third-order valence-corrected chi connectivity index (χ3v) is 6.87. The van der Waals surface area contributed by atoms with Crippen molar-refractivity contribution in [3.8, 4) is 5.75 Å². The van der Waals surface area contributed by atoms with Crippen LogP contribution >= 0.6 is 0 Å². The molecule has 1 aliphatic heterocycles. The summed E-state index contributed by atoms with van der Waals surface area (Å²) in [6.45, 7) is 5.63. The van der Waals surface area contributed by atoms with Gasteiger partial charge < -0.3 is 9.64 Å². The van der Waals surface area contributed by atoms with Gasteiger partial charge in [0.05, 0.1) is 7.11 Å². The van der Waals surface area contributed by atoms with E-state index in [1.807, 2.05) is 19.9 Å². The van der Waals surface area contributed by atoms with E-state index in [0.29, 0.717) is 31.9 Å². The lowest BCUT2D eigenvalue weighted by atomic mass is 10.0. The molecule has 0 atom stereocenters. The minimum absolute atomic E-state index is 0.172. The molecule has 1 amide bonds. The minimum atomic E-state index is -3.64. The van der Waals surface area contributed by atoms with Gasteiger partial charge in [0.1, 0.15) is 10.6 Å². The average molecular weight is 366 g/mol. The first-order valence-electron chi connectivity index (χ1n) is 8.81. The molecule has 0 spiro atoms. The maximum absolute atomic E-state index is 13.1. The van der Waals surface area contributed by atoms with E-state index in [2.05, 4.69) is 0 Å². The van der Waals surface area contributed by atoms with E-state index in [1.54, 1.807) is 17.0 Å². The van der Waals surface area contributed by atoms with Crippen molar-refractivity contribution in [2.24, 2.45) is 5.92 Å². The molecule has 0 bridgehead atoms.